The van der Waals surface area contributed by atoms with Gasteiger partial charge in [0.1, 0.15) is 0 Å². The zero-order valence-electron chi connectivity index (χ0n) is 19.2. The van der Waals surface area contributed by atoms with Gasteiger partial charge in [0.2, 0.25) is 5.91 Å². The van der Waals surface area contributed by atoms with E-state index in [1.807, 2.05) is 19.9 Å². The SMILES string of the molecule is C=C/C(CC(=O)Nc1cccc(CC)c1C(=O)O)=C(\C=C/CC)C1=CC=C(C(F)(F)F)CC=C1. The predicted molar refractivity (Wildman–Crippen MR) is 129 cm³/mol. The van der Waals surface area contributed by atoms with Crippen molar-refractivity contribution in [3.63, 3.8) is 0 Å². The van der Waals surface area contributed by atoms with E-state index in [2.05, 4.69) is 11.9 Å². The van der Waals surface area contributed by atoms with Crippen LogP contribution in [0.25, 0.3) is 0 Å². The highest BCUT2D eigenvalue weighted by atomic mass is 19.4. The second-order valence-corrected chi connectivity index (χ2v) is 7.60. The summed E-state index contributed by atoms with van der Waals surface area (Å²) in [4.78, 5) is 24.6. The van der Waals surface area contributed by atoms with E-state index in [1.165, 1.54) is 24.3 Å². The van der Waals surface area contributed by atoms with Gasteiger partial charge in [-0.2, -0.15) is 13.2 Å². The zero-order chi connectivity index (χ0) is 25.3. The summed E-state index contributed by atoms with van der Waals surface area (Å²) in [7, 11) is 0. The summed E-state index contributed by atoms with van der Waals surface area (Å²) < 4.78 is 39.4. The van der Waals surface area contributed by atoms with Crippen molar-refractivity contribution in [1.29, 1.82) is 0 Å². The second-order valence-electron chi connectivity index (χ2n) is 7.60. The van der Waals surface area contributed by atoms with E-state index in [0.717, 1.165) is 6.08 Å². The van der Waals surface area contributed by atoms with Crippen LogP contribution in [0.1, 0.15) is 49.0 Å². The third-order valence-electron chi connectivity index (χ3n) is 5.26. The van der Waals surface area contributed by atoms with Crippen LogP contribution in [-0.4, -0.2) is 23.2 Å². The molecule has 0 aromatic heterocycles. The van der Waals surface area contributed by atoms with Crippen molar-refractivity contribution in [2.75, 3.05) is 5.32 Å². The second kappa shape index (κ2) is 12.0. The average molecular weight is 472 g/mol. The number of hydrogen-bond acceptors (Lipinski definition) is 2. The molecular formula is C27H28F3NO3. The fourth-order valence-electron chi connectivity index (χ4n) is 3.54. The number of carboxylic acid groups (broad SMARTS) is 1. The number of amides is 1. The molecule has 2 rings (SSSR count). The number of carboxylic acids is 1. The zero-order valence-corrected chi connectivity index (χ0v) is 19.2. The molecule has 0 heterocycles. The van der Waals surface area contributed by atoms with Gasteiger partial charge in [0.05, 0.1) is 17.7 Å². The van der Waals surface area contributed by atoms with Crippen LogP contribution in [0.2, 0.25) is 0 Å². The third-order valence-corrected chi connectivity index (χ3v) is 5.26. The molecule has 0 radical (unpaired) electrons. The first-order valence-corrected chi connectivity index (χ1v) is 10.9. The first-order valence-electron chi connectivity index (χ1n) is 10.9. The number of aromatic carboxylic acids is 1. The number of hydrogen-bond donors (Lipinski definition) is 2. The van der Waals surface area contributed by atoms with Crippen molar-refractivity contribution in [1.82, 2.24) is 0 Å². The summed E-state index contributed by atoms with van der Waals surface area (Å²) in [5, 5.41) is 12.3. The monoisotopic (exact) mass is 471 g/mol. The Morgan fingerprint density at radius 1 is 1.21 bits per heavy atom. The predicted octanol–water partition coefficient (Wildman–Crippen LogP) is 7.10. The van der Waals surface area contributed by atoms with Crippen LogP contribution in [0.15, 0.2) is 89.6 Å². The van der Waals surface area contributed by atoms with Gasteiger partial charge in [0.25, 0.3) is 0 Å². The van der Waals surface area contributed by atoms with Crippen LogP contribution in [0.4, 0.5) is 18.9 Å². The highest BCUT2D eigenvalue weighted by Crippen LogP contribution is 2.32. The minimum Gasteiger partial charge on any atom is -0.478 e. The molecule has 7 heteroatoms. The quantitative estimate of drug-likeness (QED) is 0.378. The molecule has 34 heavy (non-hydrogen) atoms. The van der Waals surface area contributed by atoms with Gasteiger partial charge >= 0.3 is 12.1 Å². The number of benzene rings is 1. The Bertz CT molecular complexity index is 1100. The molecule has 1 aromatic rings. The molecule has 0 atom stereocenters. The molecule has 2 N–H and O–H groups in total. The van der Waals surface area contributed by atoms with E-state index in [0.29, 0.717) is 35.1 Å². The van der Waals surface area contributed by atoms with Gasteiger partial charge in [-0.25, -0.2) is 4.79 Å². The van der Waals surface area contributed by atoms with Crippen LogP contribution in [0.5, 0.6) is 0 Å². The highest BCUT2D eigenvalue weighted by Gasteiger charge is 2.32. The molecular weight excluding hydrogens is 443 g/mol. The van der Waals surface area contributed by atoms with Crippen molar-refractivity contribution in [3.8, 4) is 0 Å². The van der Waals surface area contributed by atoms with Crippen LogP contribution < -0.4 is 5.32 Å². The van der Waals surface area contributed by atoms with Gasteiger partial charge in [-0.1, -0.05) is 75.1 Å². The maximum Gasteiger partial charge on any atom is 0.412 e. The van der Waals surface area contributed by atoms with E-state index in [4.69, 9.17) is 0 Å². The highest BCUT2D eigenvalue weighted by molar-refractivity contribution is 6.02. The average Bonchev–Trinajstić information content (AvgIpc) is 3.04. The van der Waals surface area contributed by atoms with Gasteiger partial charge in [-0.05, 0) is 47.6 Å². The normalized spacial score (nSPS) is 14.7. The number of carbonyl (C=O) groups is 2. The number of allylic oxidation sites excluding steroid dienone is 10. The first-order chi connectivity index (χ1) is 16.1. The van der Waals surface area contributed by atoms with Crippen LogP contribution in [-0.2, 0) is 11.2 Å². The van der Waals surface area contributed by atoms with Crippen LogP contribution >= 0.6 is 0 Å². The Morgan fingerprint density at radius 2 is 1.94 bits per heavy atom. The number of alkyl halides is 3. The standard InChI is InChI=1S/C27H28F3NO3/c1-4-7-13-22(20-11-8-12-21(16-15-20)27(28,29)30)19(6-3)17-24(32)31-23-14-9-10-18(5-2)25(23)26(33)34/h6-11,13-16H,3-5,12,17H2,1-2H3,(H,31,32)(H,33,34)/b13-7-,22-19-. The van der Waals surface area contributed by atoms with Crippen LogP contribution in [0.3, 0.4) is 0 Å². The molecule has 1 amide bonds. The van der Waals surface area contributed by atoms with Gasteiger partial charge < -0.3 is 10.4 Å². The van der Waals surface area contributed by atoms with Crippen molar-refractivity contribution in [2.24, 2.45) is 0 Å². The summed E-state index contributed by atoms with van der Waals surface area (Å²) in [6.07, 6.45) is 6.93. The molecule has 0 saturated heterocycles. The summed E-state index contributed by atoms with van der Waals surface area (Å²) in [5.41, 5.74) is 1.76. The molecule has 0 saturated carbocycles. The van der Waals surface area contributed by atoms with Gasteiger partial charge in [0.15, 0.2) is 0 Å². The van der Waals surface area contributed by atoms with Crippen molar-refractivity contribution < 1.29 is 27.9 Å². The molecule has 0 fully saturated rings. The lowest BCUT2D eigenvalue weighted by molar-refractivity contribution is -0.115. The van der Waals surface area contributed by atoms with E-state index < -0.39 is 23.6 Å². The molecule has 0 unspecified atom stereocenters. The number of nitrogens with one attached hydrogen (secondary N) is 1. The Labute approximate surface area is 197 Å². The number of halogens is 3. The largest absolute Gasteiger partial charge is 0.478 e. The molecule has 1 aliphatic carbocycles. The Kier molecular flexibility index (Phi) is 9.42. The maximum atomic E-state index is 13.1. The maximum absolute atomic E-state index is 13.1. The number of carbonyl (C=O) groups excluding carboxylic acids is 1. The van der Waals surface area contributed by atoms with Gasteiger partial charge in [-0.15, -0.1) is 0 Å². The molecule has 0 bridgehead atoms. The molecule has 4 nitrogen and oxygen atoms in total. The lowest BCUT2D eigenvalue weighted by atomic mass is 9.95. The minimum atomic E-state index is -4.42. The third kappa shape index (κ3) is 6.94. The molecule has 1 aliphatic rings. The van der Waals surface area contributed by atoms with Crippen molar-refractivity contribution in [2.45, 2.75) is 45.7 Å². The van der Waals surface area contributed by atoms with Crippen molar-refractivity contribution >= 4 is 17.6 Å². The van der Waals surface area contributed by atoms with Gasteiger partial charge in [-0.3, -0.25) is 4.79 Å². The van der Waals surface area contributed by atoms with Gasteiger partial charge in [0, 0.05) is 5.57 Å². The fraction of sp³-hybridized carbons (Fsp3) is 0.259. The topological polar surface area (TPSA) is 66.4 Å². The molecule has 1 aromatic carbocycles. The summed E-state index contributed by atoms with van der Waals surface area (Å²) in [6.45, 7) is 7.53. The Hall–Kier alpha value is -3.61. The van der Waals surface area contributed by atoms with Crippen LogP contribution in [0, 0.1) is 0 Å². The number of rotatable bonds is 9. The van der Waals surface area contributed by atoms with E-state index in [-0.39, 0.29) is 24.1 Å². The van der Waals surface area contributed by atoms with E-state index in [9.17, 15) is 27.9 Å². The number of anilines is 1. The summed E-state index contributed by atoms with van der Waals surface area (Å²) >= 11 is 0. The first kappa shape index (κ1) is 26.6. The Morgan fingerprint density at radius 3 is 2.53 bits per heavy atom. The smallest absolute Gasteiger partial charge is 0.412 e. The lowest BCUT2D eigenvalue weighted by Gasteiger charge is -2.14. The van der Waals surface area contributed by atoms with E-state index >= 15 is 0 Å². The summed E-state index contributed by atoms with van der Waals surface area (Å²) in [5.74, 6) is -1.60. The molecule has 0 aliphatic heterocycles. The fourth-order valence-corrected chi connectivity index (χ4v) is 3.54. The number of aryl methyl sites for hydroxylation is 1. The lowest BCUT2D eigenvalue weighted by Crippen LogP contribution is -2.16. The Balaban J connectivity index is 2.44. The summed E-state index contributed by atoms with van der Waals surface area (Å²) in [6, 6.07) is 4.89. The molecule has 0 spiro atoms. The van der Waals surface area contributed by atoms with E-state index in [1.54, 1.807) is 24.3 Å². The van der Waals surface area contributed by atoms with Crippen molar-refractivity contribution in [3.05, 3.63) is 101 Å². The molecule has 180 valence electrons. The minimum absolute atomic E-state index is 0.0350.